The van der Waals surface area contributed by atoms with Gasteiger partial charge in [-0.25, -0.2) is 0 Å². The highest BCUT2D eigenvalue weighted by Crippen LogP contribution is 2.32. The molecule has 2 rings (SSSR count). The first-order valence-corrected chi connectivity index (χ1v) is 10.3. The molecule has 27 heavy (non-hydrogen) atoms. The van der Waals surface area contributed by atoms with Crippen LogP contribution in [0.15, 0.2) is 23.2 Å². The first-order valence-electron chi connectivity index (χ1n) is 10.3. The van der Waals surface area contributed by atoms with Crippen molar-refractivity contribution < 1.29 is 9.47 Å². The number of fused-ring (bicyclic) bond motifs is 1. The fourth-order valence-corrected chi connectivity index (χ4v) is 3.18. The maximum absolute atomic E-state index is 5.44. The van der Waals surface area contributed by atoms with E-state index in [-0.39, 0.29) is 0 Å². The van der Waals surface area contributed by atoms with Crippen molar-refractivity contribution in [3.8, 4) is 11.5 Å². The van der Waals surface area contributed by atoms with Gasteiger partial charge in [-0.15, -0.1) is 0 Å². The number of ether oxygens (including phenoxy) is 2. The van der Waals surface area contributed by atoms with Crippen molar-refractivity contribution in [3.05, 3.63) is 23.8 Å². The highest BCUT2D eigenvalue weighted by molar-refractivity contribution is 5.80. The molecule has 6 nitrogen and oxygen atoms in total. The highest BCUT2D eigenvalue weighted by Gasteiger charge is 2.13. The van der Waals surface area contributed by atoms with Crippen LogP contribution in [0.4, 0.5) is 0 Å². The molecule has 1 aliphatic heterocycles. The Morgan fingerprint density at radius 2 is 1.96 bits per heavy atom. The summed E-state index contributed by atoms with van der Waals surface area (Å²) in [6.45, 7) is 14.1. The van der Waals surface area contributed by atoms with E-state index in [4.69, 9.17) is 14.5 Å². The third kappa shape index (κ3) is 7.29. The van der Waals surface area contributed by atoms with Gasteiger partial charge in [0.05, 0.1) is 0 Å². The number of aliphatic imine (C=N–C) groups is 1. The maximum atomic E-state index is 5.44. The molecule has 0 radical (unpaired) electrons. The monoisotopic (exact) mass is 376 g/mol. The summed E-state index contributed by atoms with van der Waals surface area (Å²) in [4.78, 5) is 7.20. The molecule has 152 valence electrons. The van der Waals surface area contributed by atoms with Gasteiger partial charge >= 0.3 is 0 Å². The Kier molecular flexibility index (Phi) is 9.25. The largest absolute Gasteiger partial charge is 0.454 e. The van der Waals surface area contributed by atoms with E-state index in [2.05, 4.69) is 49.3 Å². The summed E-state index contributed by atoms with van der Waals surface area (Å²) >= 11 is 0. The topological polar surface area (TPSA) is 58.1 Å². The molecule has 0 fully saturated rings. The van der Waals surface area contributed by atoms with Crippen molar-refractivity contribution >= 4 is 5.96 Å². The normalized spacial score (nSPS) is 14.5. The molecule has 0 bridgehead atoms. The van der Waals surface area contributed by atoms with Crippen LogP contribution in [0, 0.1) is 0 Å². The highest BCUT2D eigenvalue weighted by atomic mass is 16.7. The summed E-state index contributed by atoms with van der Waals surface area (Å²) in [5.74, 6) is 2.56. The molecule has 1 aromatic carbocycles. The fraction of sp³-hybridized carbons (Fsp3) is 0.667. The maximum Gasteiger partial charge on any atom is 0.231 e. The molecule has 0 saturated heterocycles. The van der Waals surface area contributed by atoms with E-state index < -0.39 is 0 Å². The third-order valence-electron chi connectivity index (χ3n) is 4.84. The molecule has 0 aliphatic carbocycles. The van der Waals surface area contributed by atoms with Gasteiger partial charge in [-0.1, -0.05) is 19.9 Å². The Hall–Kier alpha value is -1.95. The van der Waals surface area contributed by atoms with E-state index in [1.807, 2.05) is 12.1 Å². The van der Waals surface area contributed by atoms with Gasteiger partial charge in [-0.2, -0.15) is 0 Å². The van der Waals surface area contributed by atoms with E-state index >= 15 is 0 Å². The minimum absolute atomic E-state index is 0.317. The van der Waals surface area contributed by atoms with E-state index in [0.717, 1.165) is 63.0 Å². The molecule has 1 atom stereocenters. The molecule has 1 aliphatic rings. The van der Waals surface area contributed by atoms with Gasteiger partial charge in [0.25, 0.3) is 0 Å². The first kappa shape index (κ1) is 21.4. The van der Waals surface area contributed by atoms with Crippen molar-refractivity contribution in [2.24, 2.45) is 4.99 Å². The Morgan fingerprint density at radius 1 is 1.19 bits per heavy atom. The van der Waals surface area contributed by atoms with Crippen LogP contribution in [-0.2, 0) is 6.42 Å². The lowest BCUT2D eigenvalue weighted by Gasteiger charge is -2.21. The van der Waals surface area contributed by atoms with Crippen molar-refractivity contribution in [2.75, 3.05) is 39.5 Å². The summed E-state index contributed by atoms with van der Waals surface area (Å²) in [6, 6.07) is 6.51. The second-order valence-electron chi connectivity index (χ2n) is 6.91. The molecule has 0 saturated carbocycles. The second-order valence-corrected chi connectivity index (χ2v) is 6.91. The van der Waals surface area contributed by atoms with Crippen molar-refractivity contribution in [2.45, 2.75) is 53.0 Å². The zero-order chi connectivity index (χ0) is 19.5. The van der Waals surface area contributed by atoms with Gasteiger partial charge in [0.15, 0.2) is 17.5 Å². The van der Waals surface area contributed by atoms with Gasteiger partial charge in [0.2, 0.25) is 6.79 Å². The number of hydrogen-bond donors (Lipinski definition) is 2. The van der Waals surface area contributed by atoms with Gasteiger partial charge in [0.1, 0.15) is 0 Å². The molecule has 1 unspecified atom stereocenters. The minimum atomic E-state index is 0.317. The number of benzene rings is 1. The van der Waals surface area contributed by atoms with Crippen LogP contribution in [0.1, 0.15) is 46.1 Å². The summed E-state index contributed by atoms with van der Waals surface area (Å²) in [6.07, 6.45) is 3.22. The van der Waals surface area contributed by atoms with E-state index in [1.54, 1.807) is 0 Å². The van der Waals surface area contributed by atoms with Crippen LogP contribution in [0.2, 0.25) is 0 Å². The number of rotatable bonds is 11. The predicted molar refractivity (Wildman–Crippen MR) is 112 cm³/mol. The summed E-state index contributed by atoms with van der Waals surface area (Å²) in [5.41, 5.74) is 1.21. The molecule has 1 heterocycles. The zero-order valence-electron chi connectivity index (χ0n) is 17.4. The van der Waals surface area contributed by atoms with Crippen molar-refractivity contribution in [1.29, 1.82) is 0 Å². The molecule has 0 amide bonds. The fourth-order valence-electron chi connectivity index (χ4n) is 3.18. The van der Waals surface area contributed by atoms with Crippen LogP contribution >= 0.6 is 0 Å². The van der Waals surface area contributed by atoms with Gasteiger partial charge in [0, 0.05) is 19.1 Å². The Morgan fingerprint density at radius 3 is 2.70 bits per heavy atom. The standard InChI is InChI=1S/C21H36N4O2/c1-5-22-21(24-17(4)9-8-14-25(6-2)7-3)23-13-12-18-10-11-19-20(15-18)27-16-26-19/h10-11,15,17H,5-9,12-14,16H2,1-4H3,(H2,22,23,24). The Bertz CT molecular complexity index is 588. The van der Waals surface area contributed by atoms with E-state index in [1.165, 1.54) is 12.0 Å². The van der Waals surface area contributed by atoms with Gasteiger partial charge in [-0.3, -0.25) is 4.99 Å². The summed E-state index contributed by atoms with van der Waals surface area (Å²) < 4.78 is 10.8. The number of hydrogen-bond acceptors (Lipinski definition) is 4. The Balaban J connectivity index is 1.77. The average Bonchev–Trinajstić information content (AvgIpc) is 3.13. The van der Waals surface area contributed by atoms with Crippen LogP contribution in [-0.4, -0.2) is 56.4 Å². The van der Waals surface area contributed by atoms with Crippen LogP contribution in [0.5, 0.6) is 11.5 Å². The molecular formula is C21H36N4O2. The number of nitrogens with one attached hydrogen (secondary N) is 2. The Labute approximate surface area is 164 Å². The summed E-state index contributed by atoms with van der Waals surface area (Å²) in [7, 11) is 0. The molecule has 2 N–H and O–H groups in total. The van der Waals surface area contributed by atoms with E-state index in [0.29, 0.717) is 12.8 Å². The van der Waals surface area contributed by atoms with Crippen LogP contribution < -0.4 is 20.1 Å². The SMILES string of the molecule is CCNC(=NCCc1ccc2c(c1)OCO2)NC(C)CCCN(CC)CC. The molecule has 6 heteroatoms. The van der Waals surface area contributed by atoms with Crippen molar-refractivity contribution in [1.82, 2.24) is 15.5 Å². The van der Waals surface area contributed by atoms with Crippen molar-refractivity contribution in [3.63, 3.8) is 0 Å². The first-order chi connectivity index (χ1) is 13.2. The smallest absolute Gasteiger partial charge is 0.231 e. The van der Waals surface area contributed by atoms with Crippen LogP contribution in [0.25, 0.3) is 0 Å². The number of nitrogens with zero attached hydrogens (tertiary/aromatic N) is 2. The molecule has 0 aromatic heterocycles. The molecule has 1 aromatic rings. The average molecular weight is 377 g/mol. The lowest BCUT2D eigenvalue weighted by Crippen LogP contribution is -2.42. The molecular weight excluding hydrogens is 340 g/mol. The lowest BCUT2D eigenvalue weighted by molar-refractivity contribution is 0.174. The van der Waals surface area contributed by atoms with Gasteiger partial charge in [-0.05, 0) is 70.4 Å². The minimum Gasteiger partial charge on any atom is -0.454 e. The molecule has 0 spiro atoms. The van der Waals surface area contributed by atoms with Gasteiger partial charge < -0.3 is 25.0 Å². The predicted octanol–water partition coefficient (Wildman–Crippen LogP) is 3.02. The zero-order valence-corrected chi connectivity index (χ0v) is 17.4. The quantitative estimate of drug-likeness (QED) is 0.459. The second kappa shape index (κ2) is 11.7. The summed E-state index contributed by atoms with van der Waals surface area (Å²) in [5, 5.41) is 6.88. The van der Waals surface area contributed by atoms with Crippen LogP contribution in [0.3, 0.4) is 0 Å². The third-order valence-corrected chi connectivity index (χ3v) is 4.84. The number of guanidine groups is 1. The lowest BCUT2D eigenvalue weighted by atomic mass is 10.1. The van der Waals surface area contributed by atoms with E-state index in [9.17, 15) is 0 Å².